The van der Waals surface area contributed by atoms with Gasteiger partial charge in [0.05, 0.1) is 27.8 Å². The average Bonchev–Trinajstić information content (AvgIpc) is 2.65. The fourth-order valence-electron chi connectivity index (χ4n) is 4.24. The molecule has 0 spiro atoms. The van der Waals surface area contributed by atoms with Gasteiger partial charge in [0, 0.05) is 0 Å². The van der Waals surface area contributed by atoms with Crippen molar-refractivity contribution < 1.29 is 14.3 Å². The van der Waals surface area contributed by atoms with Crippen molar-refractivity contribution in [3.05, 3.63) is 76.3 Å². The van der Waals surface area contributed by atoms with Crippen LogP contribution in [0.5, 0.6) is 0 Å². The lowest BCUT2D eigenvalue weighted by Crippen LogP contribution is -2.17. The van der Waals surface area contributed by atoms with E-state index in [2.05, 4.69) is 12.1 Å². The zero-order chi connectivity index (χ0) is 17.0. The van der Waals surface area contributed by atoms with E-state index in [0.29, 0.717) is 18.4 Å². The van der Waals surface area contributed by atoms with Crippen molar-refractivity contribution in [2.45, 2.75) is 25.7 Å². The summed E-state index contributed by atoms with van der Waals surface area (Å²) in [5, 5.41) is 9.95. The molecule has 25 heavy (non-hydrogen) atoms. The largest absolute Gasteiger partial charge is 0.478 e. The van der Waals surface area contributed by atoms with E-state index in [1.807, 2.05) is 36.4 Å². The van der Waals surface area contributed by atoms with Gasteiger partial charge in [-0.05, 0) is 48.9 Å². The zero-order valence-corrected chi connectivity index (χ0v) is 13.7. The Kier molecular flexibility index (Phi) is 3.04. The maximum absolute atomic E-state index is 12.1. The van der Waals surface area contributed by atoms with Gasteiger partial charge in [0.1, 0.15) is 0 Å². The lowest BCUT2D eigenvalue weighted by atomic mass is 9.81. The van der Waals surface area contributed by atoms with Gasteiger partial charge in [-0.25, -0.2) is 9.21 Å². The molecule has 3 aromatic rings. The highest BCUT2D eigenvalue weighted by atomic mass is 16.4. The van der Waals surface area contributed by atoms with Crippen LogP contribution in [0, 0.1) is 0 Å². The topological polar surface area (TPSA) is 48.6 Å². The highest BCUT2D eigenvalue weighted by Gasteiger charge is 2.39. The van der Waals surface area contributed by atoms with Crippen molar-refractivity contribution in [2.75, 3.05) is 0 Å². The first kappa shape index (κ1) is 14.4. The summed E-state index contributed by atoms with van der Waals surface area (Å²) in [5.41, 5.74) is 6.65. The first-order chi connectivity index (χ1) is 12.2. The first-order valence-electron chi connectivity index (χ1n) is 8.65. The number of carboxylic acids is 1. The summed E-state index contributed by atoms with van der Waals surface area (Å²) in [4.78, 5) is 12.1. The van der Waals surface area contributed by atoms with Gasteiger partial charge in [0.15, 0.2) is 0 Å². The number of aryl methyl sites for hydroxylation is 2. The van der Waals surface area contributed by atoms with E-state index < -0.39 is 5.97 Å². The van der Waals surface area contributed by atoms with Gasteiger partial charge >= 0.3 is 17.5 Å². The Hall–Kier alpha value is -2.94. The summed E-state index contributed by atoms with van der Waals surface area (Å²) < 4.78 is 6.40. The molecule has 2 aliphatic carbocycles. The van der Waals surface area contributed by atoms with E-state index in [4.69, 9.17) is 4.42 Å². The minimum atomic E-state index is -0.845. The molecule has 3 heteroatoms. The number of rotatable bonds is 1. The smallest absolute Gasteiger partial charge is 0.365 e. The molecule has 2 aromatic carbocycles. The number of carbonyl (C=O) groups is 1. The fraction of sp³-hybridized carbons (Fsp3) is 0.182. The van der Waals surface area contributed by atoms with Crippen LogP contribution in [-0.4, -0.2) is 11.1 Å². The molecule has 0 fully saturated rings. The van der Waals surface area contributed by atoms with Gasteiger partial charge in [-0.3, -0.25) is 0 Å². The lowest BCUT2D eigenvalue weighted by Gasteiger charge is -2.20. The maximum atomic E-state index is 12.1. The predicted octanol–water partition coefficient (Wildman–Crippen LogP) is 4.79. The predicted molar refractivity (Wildman–Crippen MR) is 95.8 cm³/mol. The van der Waals surface area contributed by atoms with E-state index in [1.54, 1.807) is 0 Å². The Morgan fingerprint density at radius 2 is 1.24 bits per heavy atom. The number of carboxylic acid groups (broad SMARTS) is 1. The van der Waals surface area contributed by atoms with E-state index in [0.717, 1.165) is 46.6 Å². The van der Waals surface area contributed by atoms with Gasteiger partial charge in [0.2, 0.25) is 0 Å². The molecule has 0 aliphatic heterocycles. The lowest BCUT2D eigenvalue weighted by molar-refractivity contribution is 0.0693. The van der Waals surface area contributed by atoms with Crippen LogP contribution in [0.25, 0.3) is 22.6 Å². The second-order valence-corrected chi connectivity index (χ2v) is 6.71. The van der Waals surface area contributed by atoms with Gasteiger partial charge in [-0.1, -0.05) is 36.4 Å². The molecule has 2 aliphatic rings. The van der Waals surface area contributed by atoms with E-state index in [1.165, 1.54) is 11.1 Å². The van der Waals surface area contributed by atoms with Crippen molar-refractivity contribution in [3.63, 3.8) is 0 Å². The molecule has 0 saturated carbocycles. The zero-order valence-electron chi connectivity index (χ0n) is 13.7. The van der Waals surface area contributed by atoms with Crippen LogP contribution in [0.3, 0.4) is 0 Å². The van der Waals surface area contributed by atoms with Gasteiger partial charge in [0.25, 0.3) is 0 Å². The third-order valence-corrected chi connectivity index (χ3v) is 5.38. The second kappa shape index (κ2) is 5.28. The minimum absolute atomic E-state index is 0.459. The summed E-state index contributed by atoms with van der Waals surface area (Å²) in [6, 6.07) is 16.3. The number of aromatic carboxylic acids is 1. The molecule has 5 rings (SSSR count). The standard InChI is InChI=1S/C22H16O3/c23-22(24)19-17-11-9-13-5-1-3-7-15(13)20(17)25-21-16-8-4-2-6-14(16)10-12-18(19)21/h1-8H,9-12H2/p+1. The van der Waals surface area contributed by atoms with E-state index in [-0.39, 0.29) is 0 Å². The molecule has 0 amide bonds. The van der Waals surface area contributed by atoms with Crippen molar-refractivity contribution in [3.8, 4) is 22.6 Å². The monoisotopic (exact) mass is 329 g/mol. The van der Waals surface area contributed by atoms with E-state index >= 15 is 0 Å². The Balaban J connectivity index is 1.88. The average molecular weight is 329 g/mol. The molecule has 1 N–H and O–H groups in total. The van der Waals surface area contributed by atoms with Crippen LogP contribution in [0.1, 0.15) is 32.6 Å². The van der Waals surface area contributed by atoms with Crippen LogP contribution in [0.15, 0.2) is 52.9 Å². The maximum Gasteiger partial charge on any atom is 0.365 e. The highest BCUT2D eigenvalue weighted by molar-refractivity contribution is 5.96. The fourth-order valence-corrected chi connectivity index (χ4v) is 4.24. The van der Waals surface area contributed by atoms with Crippen molar-refractivity contribution >= 4 is 5.97 Å². The molecular formula is C22H17O3+. The minimum Gasteiger partial charge on any atom is -0.478 e. The molecule has 0 radical (unpaired) electrons. The SMILES string of the molecule is O=C(O)c1c2c([o+]c3c1CCc1ccccc1-3)-c1ccccc1CC2. The van der Waals surface area contributed by atoms with Gasteiger partial charge in [-0.15, -0.1) is 0 Å². The van der Waals surface area contributed by atoms with Crippen LogP contribution in [0.4, 0.5) is 0 Å². The van der Waals surface area contributed by atoms with Gasteiger partial charge in [-0.2, -0.15) is 0 Å². The van der Waals surface area contributed by atoms with Crippen molar-refractivity contribution in [1.29, 1.82) is 0 Å². The number of fused-ring (bicyclic) bond motifs is 6. The third kappa shape index (κ3) is 2.05. The molecule has 1 aromatic heterocycles. The van der Waals surface area contributed by atoms with Crippen LogP contribution in [-0.2, 0) is 25.7 Å². The third-order valence-electron chi connectivity index (χ3n) is 5.38. The Morgan fingerprint density at radius 1 is 0.760 bits per heavy atom. The molecular weight excluding hydrogens is 312 g/mol. The van der Waals surface area contributed by atoms with E-state index in [9.17, 15) is 9.90 Å². The Morgan fingerprint density at radius 3 is 1.72 bits per heavy atom. The highest BCUT2D eigenvalue weighted by Crippen LogP contribution is 2.43. The number of benzene rings is 2. The molecule has 1 heterocycles. The van der Waals surface area contributed by atoms with Crippen molar-refractivity contribution in [2.24, 2.45) is 0 Å². The van der Waals surface area contributed by atoms with Crippen molar-refractivity contribution in [1.82, 2.24) is 0 Å². The molecule has 0 atom stereocenters. The summed E-state index contributed by atoms with van der Waals surface area (Å²) >= 11 is 0. The van der Waals surface area contributed by atoms with Gasteiger partial charge < -0.3 is 5.11 Å². The quantitative estimate of drug-likeness (QED) is 0.653. The molecule has 0 unspecified atom stereocenters. The molecule has 0 bridgehead atoms. The molecule has 0 saturated heterocycles. The van der Waals surface area contributed by atoms with Crippen LogP contribution < -0.4 is 0 Å². The molecule has 122 valence electrons. The summed E-state index contributed by atoms with van der Waals surface area (Å²) in [5.74, 6) is 0.617. The summed E-state index contributed by atoms with van der Waals surface area (Å²) in [7, 11) is 0. The summed E-state index contributed by atoms with van der Waals surface area (Å²) in [6.07, 6.45) is 3.14. The van der Waals surface area contributed by atoms with Crippen LogP contribution in [0.2, 0.25) is 0 Å². The molecule has 3 nitrogen and oxygen atoms in total. The summed E-state index contributed by atoms with van der Waals surface area (Å²) in [6.45, 7) is 0. The Labute approximate surface area is 145 Å². The first-order valence-corrected chi connectivity index (χ1v) is 8.65. The Bertz CT molecular complexity index is 960. The normalized spacial score (nSPS) is 14.1. The number of hydrogen-bond donors (Lipinski definition) is 1. The number of hydrogen-bond acceptors (Lipinski definition) is 1. The van der Waals surface area contributed by atoms with Crippen LogP contribution >= 0.6 is 0 Å². The second-order valence-electron chi connectivity index (χ2n) is 6.71.